The highest BCUT2D eigenvalue weighted by Crippen LogP contribution is 2.44. The molecule has 0 spiro atoms. The van der Waals surface area contributed by atoms with Crippen LogP contribution in [0.5, 0.6) is 0 Å². The van der Waals surface area contributed by atoms with E-state index in [-0.39, 0.29) is 5.54 Å². The first-order valence-electron chi connectivity index (χ1n) is 7.93. The molecule has 0 amide bonds. The Hall–Kier alpha value is -1.84. The third-order valence-corrected chi connectivity index (χ3v) is 6.58. The van der Waals surface area contributed by atoms with Gasteiger partial charge < -0.3 is 4.57 Å². The molecule has 1 unspecified atom stereocenters. The predicted octanol–water partition coefficient (Wildman–Crippen LogP) is 5.33. The maximum Gasteiger partial charge on any atom is 0.115 e. The fourth-order valence-electron chi connectivity index (χ4n) is 3.35. The van der Waals surface area contributed by atoms with E-state index in [9.17, 15) is 4.21 Å². The van der Waals surface area contributed by atoms with Crippen LogP contribution in [-0.4, -0.2) is 14.5 Å². The van der Waals surface area contributed by atoms with Gasteiger partial charge in [0, 0.05) is 22.3 Å². The van der Waals surface area contributed by atoms with E-state index in [1.165, 1.54) is 0 Å². The lowest BCUT2D eigenvalue weighted by atomic mass is 9.99. The second-order valence-corrected chi connectivity index (χ2v) is 8.57. The Balaban J connectivity index is 2.03. The van der Waals surface area contributed by atoms with Crippen molar-refractivity contribution in [2.24, 2.45) is 0 Å². The Morgan fingerprint density at radius 2 is 1.67 bits per heavy atom. The van der Waals surface area contributed by atoms with Crippen molar-refractivity contribution in [2.75, 3.05) is 5.75 Å². The van der Waals surface area contributed by atoms with Gasteiger partial charge in [0.15, 0.2) is 0 Å². The molecular formula is C20H18ClNOS. The topological polar surface area (TPSA) is 22.0 Å². The Bertz CT molecular complexity index is 926. The summed E-state index contributed by atoms with van der Waals surface area (Å²) in [7, 11) is -1.000. The standard InChI is InChI=1S/C20H18ClNOS/c1-20(2)13-24(23)19-18(15-6-4-3-5-7-15)17(12-22(19)20)14-8-10-16(21)11-9-14/h3-12H,13H2,1-2H3. The van der Waals surface area contributed by atoms with Gasteiger partial charge in [-0.25, -0.2) is 0 Å². The van der Waals surface area contributed by atoms with E-state index in [1.807, 2.05) is 42.5 Å². The zero-order valence-electron chi connectivity index (χ0n) is 13.6. The van der Waals surface area contributed by atoms with Gasteiger partial charge in [0.2, 0.25) is 0 Å². The van der Waals surface area contributed by atoms with E-state index < -0.39 is 10.8 Å². The molecule has 2 nitrogen and oxygen atoms in total. The maximum absolute atomic E-state index is 12.8. The summed E-state index contributed by atoms with van der Waals surface area (Å²) in [6.07, 6.45) is 2.14. The van der Waals surface area contributed by atoms with Crippen LogP contribution in [0.25, 0.3) is 22.3 Å². The van der Waals surface area contributed by atoms with Gasteiger partial charge in [0.1, 0.15) is 5.03 Å². The predicted molar refractivity (Wildman–Crippen MR) is 101 cm³/mol. The zero-order chi connectivity index (χ0) is 16.9. The number of hydrogen-bond acceptors (Lipinski definition) is 1. The number of fused-ring (bicyclic) bond motifs is 1. The van der Waals surface area contributed by atoms with E-state index >= 15 is 0 Å². The van der Waals surface area contributed by atoms with Crippen molar-refractivity contribution < 1.29 is 4.21 Å². The van der Waals surface area contributed by atoms with Crippen LogP contribution in [0.3, 0.4) is 0 Å². The Morgan fingerprint density at radius 3 is 2.33 bits per heavy atom. The average molecular weight is 356 g/mol. The SMILES string of the molecule is CC1(C)CS(=O)c2c(-c3ccccc3)c(-c3ccc(Cl)cc3)cn21. The Labute approximate surface area is 149 Å². The lowest BCUT2D eigenvalue weighted by molar-refractivity contribution is 0.399. The minimum Gasteiger partial charge on any atom is -0.333 e. The molecule has 1 aromatic heterocycles. The molecule has 0 bridgehead atoms. The molecule has 2 heterocycles. The van der Waals surface area contributed by atoms with Crippen LogP contribution in [0, 0.1) is 0 Å². The van der Waals surface area contributed by atoms with E-state index in [4.69, 9.17) is 11.6 Å². The van der Waals surface area contributed by atoms with Crippen molar-refractivity contribution in [2.45, 2.75) is 24.4 Å². The second-order valence-electron chi connectivity index (χ2n) is 6.77. The fourth-order valence-corrected chi connectivity index (χ4v) is 5.37. The summed E-state index contributed by atoms with van der Waals surface area (Å²) < 4.78 is 15.0. The van der Waals surface area contributed by atoms with E-state index in [1.54, 1.807) is 0 Å². The number of hydrogen-bond donors (Lipinski definition) is 0. The molecule has 24 heavy (non-hydrogen) atoms. The molecule has 3 aromatic rings. The summed E-state index contributed by atoms with van der Waals surface area (Å²) in [5.41, 5.74) is 4.22. The lowest BCUT2D eigenvalue weighted by Gasteiger charge is -2.19. The lowest BCUT2D eigenvalue weighted by Crippen LogP contribution is -2.24. The highest BCUT2D eigenvalue weighted by atomic mass is 35.5. The zero-order valence-corrected chi connectivity index (χ0v) is 15.2. The van der Waals surface area contributed by atoms with Crippen molar-refractivity contribution in [3.8, 4) is 22.3 Å². The van der Waals surface area contributed by atoms with Gasteiger partial charge in [-0.05, 0) is 37.1 Å². The molecule has 1 aliphatic heterocycles. The molecule has 4 rings (SSSR count). The van der Waals surface area contributed by atoms with Gasteiger partial charge in [-0.3, -0.25) is 4.21 Å². The third kappa shape index (κ3) is 2.43. The number of aromatic nitrogens is 1. The normalized spacial score (nSPS) is 18.5. The summed E-state index contributed by atoms with van der Waals surface area (Å²) >= 11 is 6.05. The van der Waals surface area contributed by atoms with Crippen molar-refractivity contribution in [1.82, 2.24) is 4.57 Å². The number of halogens is 1. The Morgan fingerprint density at radius 1 is 1.00 bits per heavy atom. The molecule has 1 aliphatic rings. The highest BCUT2D eigenvalue weighted by Gasteiger charge is 2.38. The maximum atomic E-state index is 12.8. The minimum absolute atomic E-state index is 0.144. The van der Waals surface area contributed by atoms with Gasteiger partial charge in [-0.1, -0.05) is 54.1 Å². The largest absolute Gasteiger partial charge is 0.333 e. The third-order valence-electron chi connectivity index (χ3n) is 4.53. The van der Waals surface area contributed by atoms with Crippen LogP contribution < -0.4 is 0 Å². The van der Waals surface area contributed by atoms with Crippen LogP contribution in [0.15, 0.2) is 65.8 Å². The molecule has 4 heteroatoms. The van der Waals surface area contributed by atoms with Crippen molar-refractivity contribution in [1.29, 1.82) is 0 Å². The number of rotatable bonds is 2. The highest BCUT2D eigenvalue weighted by molar-refractivity contribution is 7.85. The summed E-state index contributed by atoms with van der Waals surface area (Å²) in [6.45, 7) is 4.28. The summed E-state index contributed by atoms with van der Waals surface area (Å²) in [5, 5.41) is 1.65. The smallest absolute Gasteiger partial charge is 0.115 e. The second kappa shape index (κ2) is 5.61. The first-order valence-corrected chi connectivity index (χ1v) is 9.63. The van der Waals surface area contributed by atoms with E-state index in [2.05, 4.69) is 36.7 Å². The molecule has 0 radical (unpaired) electrons. The number of nitrogens with zero attached hydrogens (tertiary/aromatic N) is 1. The summed E-state index contributed by atoms with van der Waals surface area (Å²) in [6, 6.07) is 18.1. The fraction of sp³-hybridized carbons (Fsp3) is 0.200. The summed E-state index contributed by atoms with van der Waals surface area (Å²) in [4.78, 5) is 0. The molecule has 1 atom stereocenters. The molecule has 122 valence electrons. The van der Waals surface area contributed by atoms with Gasteiger partial charge in [-0.2, -0.15) is 0 Å². The van der Waals surface area contributed by atoms with Gasteiger partial charge in [0.25, 0.3) is 0 Å². The molecule has 0 saturated carbocycles. The van der Waals surface area contributed by atoms with Crippen LogP contribution >= 0.6 is 11.6 Å². The quantitative estimate of drug-likeness (QED) is 0.608. The average Bonchev–Trinajstić information content (AvgIpc) is 3.06. The minimum atomic E-state index is -1.000. The van der Waals surface area contributed by atoms with Crippen molar-refractivity contribution >= 4 is 22.4 Å². The monoisotopic (exact) mass is 355 g/mol. The van der Waals surface area contributed by atoms with Crippen molar-refractivity contribution in [3.05, 3.63) is 65.8 Å². The Kier molecular flexibility index (Phi) is 3.66. The van der Waals surface area contributed by atoms with E-state index in [0.29, 0.717) is 5.75 Å². The first kappa shape index (κ1) is 15.7. The summed E-state index contributed by atoms with van der Waals surface area (Å²) in [5.74, 6) is 0.656. The molecule has 0 N–H and O–H groups in total. The van der Waals surface area contributed by atoms with Crippen LogP contribution in [0.4, 0.5) is 0 Å². The molecule has 2 aromatic carbocycles. The molecule has 0 saturated heterocycles. The van der Waals surface area contributed by atoms with Gasteiger partial charge >= 0.3 is 0 Å². The molecule has 0 aliphatic carbocycles. The molecule has 0 fully saturated rings. The van der Waals surface area contributed by atoms with Crippen LogP contribution in [0.1, 0.15) is 13.8 Å². The van der Waals surface area contributed by atoms with Crippen LogP contribution in [0.2, 0.25) is 5.02 Å². The molecular weight excluding hydrogens is 338 g/mol. The van der Waals surface area contributed by atoms with Gasteiger partial charge in [0.05, 0.1) is 22.1 Å². The van der Waals surface area contributed by atoms with Crippen LogP contribution in [-0.2, 0) is 16.3 Å². The van der Waals surface area contributed by atoms with Crippen molar-refractivity contribution in [3.63, 3.8) is 0 Å². The van der Waals surface area contributed by atoms with E-state index in [0.717, 1.165) is 32.3 Å². The first-order chi connectivity index (χ1) is 11.5. The number of benzene rings is 2. The van der Waals surface area contributed by atoms with Gasteiger partial charge in [-0.15, -0.1) is 0 Å².